The molecule has 0 N–H and O–H groups in total. The molecule has 0 aliphatic rings. The highest BCUT2D eigenvalue weighted by Gasteiger charge is 1.81. The predicted molar refractivity (Wildman–Crippen MR) is 35.0 cm³/mol. The van der Waals surface area contributed by atoms with E-state index in [0.717, 1.165) is 5.75 Å². The molecule has 0 aromatic rings. The van der Waals surface area contributed by atoms with E-state index in [1.165, 1.54) is 24.2 Å². The molecule has 1 nitrogen and oxygen atoms in total. The Balaban J connectivity index is 2.56. The van der Waals surface area contributed by atoms with Crippen LogP contribution in [0.15, 0.2) is 0 Å². The summed E-state index contributed by atoms with van der Waals surface area (Å²) in [7, 11) is 0.221. The minimum Gasteiger partial charge on any atom is -0.262 e. The topological polar surface area (TPSA) is 17.1 Å². The SMILES string of the molecule is CCCCSP=O. The first-order chi connectivity index (χ1) is 3.41. The minimum absolute atomic E-state index is 0.221. The molecule has 0 bridgehead atoms. The van der Waals surface area contributed by atoms with Gasteiger partial charge in [-0.3, -0.25) is 4.57 Å². The van der Waals surface area contributed by atoms with Crippen LogP contribution in [0.3, 0.4) is 0 Å². The maximum absolute atomic E-state index is 9.74. The summed E-state index contributed by atoms with van der Waals surface area (Å²) in [6, 6.07) is 0. The summed E-state index contributed by atoms with van der Waals surface area (Å²) in [4.78, 5) is 0. The van der Waals surface area contributed by atoms with Gasteiger partial charge >= 0.3 is 0 Å². The average molecular weight is 136 g/mol. The lowest BCUT2D eigenvalue weighted by Crippen LogP contribution is -1.68. The van der Waals surface area contributed by atoms with Crippen molar-refractivity contribution in [2.75, 3.05) is 5.75 Å². The quantitative estimate of drug-likeness (QED) is 0.436. The second kappa shape index (κ2) is 6.45. The third kappa shape index (κ3) is 6.45. The van der Waals surface area contributed by atoms with Gasteiger partial charge in [-0.25, -0.2) is 0 Å². The van der Waals surface area contributed by atoms with E-state index in [0.29, 0.717) is 0 Å². The minimum atomic E-state index is 0.221. The highest BCUT2D eigenvalue weighted by molar-refractivity contribution is 8.45. The van der Waals surface area contributed by atoms with Crippen LogP contribution in [0.5, 0.6) is 0 Å². The zero-order valence-corrected chi connectivity index (χ0v) is 6.10. The van der Waals surface area contributed by atoms with Gasteiger partial charge in [-0.2, -0.15) is 0 Å². The van der Waals surface area contributed by atoms with Crippen LogP contribution in [0.25, 0.3) is 0 Å². The van der Waals surface area contributed by atoms with Crippen molar-refractivity contribution in [1.29, 1.82) is 0 Å². The molecular formula is C4H9OPS. The van der Waals surface area contributed by atoms with Crippen molar-refractivity contribution in [3.05, 3.63) is 0 Å². The van der Waals surface area contributed by atoms with Crippen LogP contribution in [0.4, 0.5) is 0 Å². The van der Waals surface area contributed by atoms with Gasteiger partial charge in [-0.05, 0) is 6.42 Å². The molecule has 0 spiro atoms. The first kappa shape index (κ1) is 7.45. The van der Waals surface area contributed by atoms with Crippen molar-refractivity contribution < 1.29 is 4.57 Å². The zero-order chi connectivity index (χ0) is 5.54. The Kier molecular flexibility index (Phi) is 6.86. The Morgan fingerprint density at radius 3 is 2.86 bits per heavy atom. The maximum atomic E-state index is 9.74. The molecule has 0 aromatic heterocycles. The van der Waals surface area contributed by atoms with Gasteiger partial charge in [0, 0.05) is 5.75 Å². The van der Waals surface area contributed by atoms with E-state index in [-0.39, 0.29) is 7.66 Å². The normalized spacial score (nSPS) is 9.86. The van der Waals surface area contributed by atoms with Crippen molar-refractivity contribution in [2.24, 2.45) is 0 Å². The number of rotatable bonds is 4. The molecule has 42 valence electrons. The van der Waals surface area contributed by atoms with Crippen molar-refractivity contribution >= 4 is 19.0 Å². The Bertz CT molecular complexity index is 49.0. The molecule has 7 heavy (non-hydrogen) atoms. The molecule has 0 fully saturated rings. The predicted octanol–water partition coefficient (Wildman–Crippen LogP) is 2.73. The van der Waals surface area contributed by atoms with Crippen molar-refractivity contribution in [1.82, 2.24) is 0 Å². The third-order valence-corrected chi connectivity index (χ3v) is 2.08. The molecule has 0 radical (unpaired) electrons. The highest BCUT2D eigenvalue weighted by atomic mass is 32.7. The summed E-state index contributed by atoms with van der Waals surface area (Å²) in [6.45, 7) is 2.13. The van der Waals surface area contributed by atoms with E-state index in [9.17, 15) is 4.57 Å². The third-order valence-electron chi connectivity index (χ3n) is 0.642. The second-order valence-corrected chi connectivity index (χ2v) is 3.30. The second-order valence-electron chi connectivity index (χ2n) is 1.26. The van der Waals surface area contributed by atoms with E-state index in [4.69, 9.17) is 0 Å². The summed E-state index contributed by atoms with van der Waals surface area (Å²) in [6.07, 6.45) is 2.38. The summed E-state index contributed by atoms with van der Waals surface area (Å²) in [5.74, 6) is 1.03. The Morgan fingerprint density at radius 1 is 1.71 bits per heavy atom. The average Bonchev–Trinajstić information content (AvgIpc) is 1.69. The largest absolute Gasteiger partial charge is 0.262 e. The van der Waals surface area contributed by atoms with Gasteiger partial charge in [-0.15, -0.1) is 0 Å². The van der Waals surface area contributed by atoms with Crippen LogP contribution >= 0.6 is 19.0 Å². The molecule has 0 heterocycles. The molecule has 0 amide bonds. The van der Waals surface area contributed by atoms with Crippen LogP contribution in [0, 0.1) is 0 Å². The van der Waals surface area contributed by atoms with Crippen LogP contribution in [-0.4, -0.2) is 5.75 Å². The lowest BCUT2D eigenvalue weighted by atomic mass is 10.4. The van der Waals surface area contributed by atoms with Crippen LogP contribution in [0.2, 0.25) is 0 Å². The molecule has 0 saturated heterocycles. The molecule has 0 rings (SSSR count). The van der Waals surface area contributed by atoms with Gasteiger partial charge in [0.1, 0.15) is 0 Å². The van der Waals surface area contributed by atoms with Crippen LogP contribution in [0.1, 0.15) is 19.8 Å². The first-order valence-corrected chi connectivity index (χ1v) is 4.76. The van der Waals surface area contributed by atoms with Gasteiger partial charge in [0.25, 0.3) is 0 Å². The van der Waals surface area contributed by atoms with Crippen molar-refractivity contribution in [2.45, 2.75) is 19.8 Å². The fraction of sp³-hybridized carbons (Fsp3) is 1.00. The van der Waals surface area contributed by atoms with Gasteiger partial charge in [0.2, 0.25) is 7.66 Å². The number of hydrogen-bond donors (Lipinski definition) is 0. The fourth-order valence-corrected chi connectivity index (χ4v) is 1.35. The van der Waals surface area contributed by atoms with Crippen LogP contribution in [-0.2, 0) is 4.57 Å². The van der Waals surface area contributed by atoms with Gasteiger partial charge in [0.15, 0.2) is 0 Å². The molecule has 0 atom stereocenters. The number of unbranched alkanes of at least 4 members (excludes halogenated alkanes) is 1. The maximum Gasteiger partial charge on any atom is 0.226 e. The number of hydrogen-bond acceptors (Lipinski definition) is 2. The van der Waals surface area contributed by atoms with E-state index in [1.54, 1.807) is 0 Å². The molecule has 0 unspecified atom stereocenters. The monoisotopic (exact) mass is 136 g/mol. The van der Waals surface area contributed by atoms with Gasteiger partial charge in [-0.1, -0.05) is 24.7 Å². The molecule has 0 saturated carbocycles. The van der Waals surface area contributed by atoms with E-state index in [1.807, 2.05) is 0 Å². The lowest BCUT2D eigenvalue weighted by Gasteiger charge is -1.84. The molecule has 0 aliphatic carbocycles. The lowest BCUT2D eigenvalue weighted by molar-refractivity contribution is 0.605. The summed E-state index contributed by atoms with van der Waals surface area (Å²) >= 11 is 1.45. The molecular weight excluding hydrogens is 127 g/mol. The zero-order valence-electron chi connectivity index (χ0n) is 4.39. The van der Waals surface area contributed by atoms with E-state index >= 15 is 0 Å². The first-order valence-electron chi connectivity index (χ1n) is 2.36. The summed E-state index contributed by atoms with van der Waals surface area (Å²) in [5.41, 5.74) is 0. The van der Waals surface area contributed by atoms with Crippen molar-refractivity contribution in [3.63, 3.8) is 0 Å². The summed E-state index contributed by atoms with van der Waals surface area (Å²) < 4.78 is 9.74. The highest BCUT2D eigenvalue weighted by Crippen LogP contribution is 2.17. The Hall–Kier alpha value is 0.450. The molecule has 0 aromatic carbocycles. The summed E-state index contributed by atoms with van der Waals surface area (Å²) in [5, 5.41) is 0. The Labute approximate surface area is 49.8 Å². The van der Waals surface area contributed by atoms with E-state index < -0.39 is 0 Å². The molecule has 0 aliphatic heterocycles. The standard InChI is InChI=1S/C4H9OPS/c1-2-3-4-7-6-5/h2-4H2,1H3. The molecule has 3 heteroatoms. The van der Waals surface area contributed by atoms with E-state index in [2.05, 4.69) is 6.92 Å². The van der Waals surface area contributed by atoms with Gasteiger partial charge in [0.05, 0.1) is 0 Å². The smallest absolute Gasteiger partial charge is 0.226 e. The Morgan fingerprint density at radius 2 is 2.43 bits per heavy atom. The van der Waals surface area contributed by atoms with Crippen LogP contribution < -0.4 is 0 Å². The van der Waals surface area contributed by atoms with Gasteiger partial charge < -0.3 is 0 Å². The fourth-order valence-electron chi connectivity index (χ4n) is 0.246. The van der Waals surface area contributed by atoms with Crippen molar-refractivity contribution in [3.8, 4) is 0 Å².